The topological polar surface area (TPSA) is 112 Å². The van der Waals surface area contributed by atoms with Crippen LogP contribution in [0.5, 0.6) is 0 Å². The highest BCUT2D eigenvalue weighted by atomic mass is 19.1. The third kappa shape index (κ3) is 4.59. The summed E-state index contributed by atoms with van der Waals surface area (Å²) in [6.45, 7) is 0.952. The first-order valence-electron chi connectivity index (χ1n) is 12.4. The lowest BCUT2D eigenvalue weighted by atomic mass is 9.99. The fraction of sp³-hybridized carbons (Fsp3) is 0.172. The van der Waals surface area contributed by atoms with Gasteiger partial charge in [0.2, 0.25) is 0 Å². The number of benzene rings is 2. The summed E-state index contributed by atoms with van der Waals surface area (Å²) in [7, 11) is 4.09. The molecule has 0 radical (unpaired) electrons. The van der Waals surface area contributed by atoms with Crippen LogP contribution >= 0.6 is 0 Å². The second kappa shape index (κ2) is 9.68. The van der Waals surface area contributed by atoms with Gasteiger partial charge in [-0.15, -0.1) is 0 Å². The highest BCUT2D eigenvalue weighted by Crippen LogP contribution is 2.33. The van der Waals surface area contributed by atoms with Gasteiger partial charge in [0.1, 0.15) is 11.5 Å². The van der Waals surface area contributed by atoms with Crippen molar-refractivity contribution in [1.29, 1.82) is 0 Å². The zero-order valence-electron chi connectivity index (χ0n) is 21.2. The molecule has 0 unspecified atom stereocenters. The number of hydrogen-bond acceptors (Lipinski definition) is 6. The highest BCUT2D eigenvalue weighted by Gasteiger charge is 2.17. The molecule has 0 aliphatic heterocycles. The molecule has 9 heteroatoms. The van der Waals surface area contributed by atoms with Crippen LogP contribution in [0.4, 0.5) is 10.1 Å². The molecular weight excluding hydrogens is 479 g/mol. The van der Waals surface area contributed by atoms with E-state index in [4.69, 9.17) is 10.7 Å². The van der Waals surface area contributed by atoms with Crippen molar-refractivity contribution < 1.29 is 4.39 Å². The predicted molar refractivity (Wildman–Crippen MR) is 149 cm³/mol. The largest absolute Gasteiger partial charge is 0.397 e. The van der Waals surface area contributed by atoms with E-state index in [1.807, 2.05) is 44.4 Å². The lowest BCUT2D eigenvalue weighted by Gasteiger charge is -2.10. The van der Waals surface area contributed by atoms with E-state index in [0.717, 1.165) is 69.3 Å². The number of fused-ring (bicyclic) bond motifs is 2. The van der Waals surface area contributed by atoms with Gasteiger partial charge in [0.25, 0.3) is 0 Å². The van der Waals surface area contributed by atoms with Crippen molar-refractivity contribution in [2.45, 2.75) is 12.8 Å². The standard InChI is InChI=1S/C29H27FN8/c1-38(2)8-4-5-17-9-18(11-20(30)10-17)22-6-3-7-24-27(22)35-29(34-24)28-23-13-25(33-16-26(23)36-37-28)19-12-21(31)15-32-14-19/h3,6-7,9-16H,4-5,8,31H2,1-2H3,(H,34,35)(H,36,37). The Balaban J connectivity index is 1.40. The monoisotopic (exact) mass is 506 g/mol. The van der Waals surface area contributed by atoms with Gasteiger partial charge in [-0.1, -0.05) is 18.2 Å². The Morgan fingerprint density at radius 1 is 0.974 bits per heavy atom. The molecule has 190 valence electrons. The predicted octanol–water partition coefficient (Wildman–Crippen LogP) is 5.45. The van der Waals surface area contributed by atoms with Gasteiger partial charge in [-0.2, -0.15) is 5.10 Å². The van der Waals surface area contributed by atoms with Crippen LogP contribution in [-0.2, 0) is 6.42 Å². The fourth-order valence-corrected chi connectivity index (χ4v) is 4.78. The second-order valence-corrected chi connectivity index (χ2v) is 9.74. The number of pyridine rings is 2. The number of nitrogens with zero attached hydrogens (tertiary/aromatic N) is 5. The maximum Gasteiger partial charge on any atom is 0.159 e. The van der Waals surface area contributed by atoms with Crippen LogP contribution in [0.25, 0.3) is 55.8 Å². The molecule has 0 saturated carbocycles. The van der Waals surface area contributed by atoms with E-state index in [0.29, 0.717) is 17.2 Å². The van der Waals surface area contributed by atoms with Crippen LogP contribution in [0.1, 0.15) is 12.0 Å². The molecule has 0 spiro atoms. The third-order valence-corrected chi connectivity index (χ3v) is 6.58. The average molecular weight is 507 g/mol. The number of halogens is 1. The third-order valence-electron chi connectivity index (χ3n) is 6.58. The van der Waals surface area contributed by atoms with E-state index in [2.05, 4.69) is 36.1 Å². The van der Waals surface area contributed by atoms with E-state index < -0.39 is 0 Å². The number of nitrogens with one attached hydrogen (secondary N) is 2. The summed E-state index contributed by atoms with van der Waals surface area (Å²) < 4.78 is 14.6. The first-order valence-corrected chi connectivity index (χ1v) is 12.4. The van der Waals surface area contributed by atoms with Gasteiger partial charge in [-0.25, -0.2) is 9.37 Å². The smallest absolute Gasteiger partial charge is 0.159 e. The summed E-state index contributed by atoms with van der Waals surface area (Å²) in [6.07, 6.45) is 6.83. The number of nitrogen functional groups attached to an aromatic ring is 1. The van der Waals surface area contributed by atoms with E-state index in [1.165, 1.54) is 0 Å². The van der Waals surface area contributed by atoms with Crippen LogP contribution < -0.4 is 5.73 Å². The summed E-state index contributed by atoms with van der Waals surface area (Å²) in [5, 5.41) is 8.44. The minimum atomic E-state index is -0.246. The average Bonchev–Trinajstić information content (AvgIpc) is 3.51. The van der Waals surface area contributed by atoms with Gasteiger partial charge in [-0.3, -0.25) is 15.1 Å². The number of imidazole rings is 1. The summed E-state index contributed by atoms with van der Waals surface area (Å²) in [6, 6.07) is 14.9. The lowest BCUT2D eigenvalue weighted by molar-refractivity contribution is 0.400. The van der Waals surface area contributed by atoms with E-state index in [-0.39, 0.29) is 5.82 Å². The van der Waals surface area contributed by atoms with Gasteiger partial charge in [0.05, 0.1) is 34.1 Å². The Bertz CT molecular complexity index is 1770. The Hall–Kier alpha value is -4.63. The van der Waals surface area contributed by atoms with Crippen LogP contribution in [0.3, 0.4) is 0 Å². The van der Waals surface area contributed by atoms with Crippen molar-refractivity contribution in [3.8, 4) is 33.9 Å². The van der Waals surface area contributed by atoms with Crippen molar-refractivity contribution in [2.75, 3.05) is 26.4 Å². The maximum atomic E-state index is 14.6. The van der Waals surface area contributed by atoms with Crippen LogP contribution in [-0.4, -0.2) is 55.7 Å². The van der Waals surface area contributed by atoms with E-state index in [1.54, 1.807) is 30.7 Å². The molecule has 8 nitrogen and oxygen atoms in total. The van der Waals surface area contributed by atoms with Crippen molar-refractivity contribution in [2.24, 2.45) is 0 Å². The lowest BCUT2D eigenvalue weighted by Crippen LogP contribution is -2.13. The zero-order valence-corrected chi connectivity index (χ0v) is 21.2. The molecule has 0 fully saturated rings. The molecule has 0 aliphatic rings. The molecular formula is C29H27FN8. The van der Waals surface area contributed by atoms with Gasteiger partial charge in [0.15, 0.2) is 5.82 Å². The number of para-hydroxylation sites is 1. The minimum Gasteiger partial charge on any atom is -0.397 e. The molecule has 2 aromatic carbocycles. The molecule has 4 heterocycles. The van der Waals surface area contributed by atoms with Gasteiger partial charge < -0.3 is 15.6 Å². The number of rotatable bonds is 7. The number of hydrogen-bond donors (Lipinski definition) is 3. The first-order chi connectivity index (χ1) is 18.4. The number of nitrogens with two attached hydrogens (primary N) is 1. The first kappa shape index (κ1) is 23.7. The SMILES string of the molecule is CN(C)CCCc1cc(F)cc(-c2cccc3[nH]c(-c4n[nH]c5cnc(-c6cncc(N)c6)cc45)nc23)c1. The number of aromatic nitrogens is 6. The quantitative estimate of drug-likeness (QED) is 0.266. The number of aryl methyl sites for hydroxylation is 1. The fourth-order valence-electron chi connectivity index (χ4n) is 4.78. The number of anilines is 1. The van der Waals surface area contributed by atoms with Crippen molar-refractivity contribution in [1.82, 2.24) is 35.0 Å². The van der Waals surface area contributed by atoms with Gasteiger partial charge in [0, 0.05) is 28.9 Å². The Morgan fingerprint density at radius 3 is 2.71 bits per heavy atom. The molecule has 0 amide bonds. The van der Waals surface area contributed by atoms with Crippen molar-refractivity contribution in [3.05, 3.63) is 78.5 Å². The molecule has 4 N–H and O–H groups in total. The summed E-state index contributed by atoms with van der Waals surface area (Å²) in [4.78, 5) is 19.2. The summed E-state index contributed by atoms with van der Waals surface area (Å²) in [5.41, 5.74) is 13.8. The summed E-state index contributed by atoms with van der Waals surface area (Å²) in [5.74, 6) is 0.369. The van der Waals surface area contributed by atoms with Crippen molar-refractivity contribution >= 4 is 27.6 Å². The molecule has 0 atom stereocenters. The number of aromatic amines is 2. The molecule has 0 bridgehead atoms. The molecule has 6 rings (SSSR count). The number of H-pyrrole nitrogens is 2. The minimum absolute atomic E-state index is 0.246. The van der Waals surface area contributed by atoms with Gasteiger partial charge >= 0.3 is 0 Å². The van der Waals surface area contributed by atoms with Gasteiger partial charge in [-0.05, 0) is 74.9 Å². The molecule has 0 saturated heterocycles. The van der Waals surface area contributed by atoms with Crippen LogP contribution in [0.2, 0.25) is 0 Å². The normalized spacial score (nSPS) is 11.7. The Morgan fingerprint density at radius 2 is 1.87 bits per heavy atom. The maximum absolute atomic E-state index is 14.6. The highest BCUT2D eigenvalue weighted by molar-refractivity contribution is 5.97. The molecule has 6 aromatic rings. The van der Waals surface area contributed by atoms with Crippen LogP contribution in [0, 0.1) is 5.82 Å². The second-order valence-electron chi connectivity index (χ2n) is 9.74. The Kier molecular flexibility index (Phi) is 6.05. The van der Waals surface area contributed by atoms with Crippen molar-refractivity contribution in [3.63, 3.8) is 0 Å². The molecule has 0 aliphatic carbocycles. The molecule has 38 heavy (non-hydrogen) atoms. The van der Waals surface area contributed by atoms with Crippen LogP contribution in [0.15, 0.2) is 67.1 Å². The molecule has 4 aromatic heterocycles. The zero-order chi connectivity index (χ0) is 26.2. The summed E-state index contributed by atoms with van der Waals surface area (Å²) >= 11 is 0. The Labute approximate surface area is 218 Å². The van der Waals surface area contributed by atoms with E-state index in [9.17, 15) is 4.39 Å². The van der Waals surface area contributed by atoms with E-state index >= 15 is 0 Å².